The zero-order valence-electron chi connectivity index (χ0n) is 17.1. The van der Waals surface area contributed by atoms with Crippen molar-refractivity contribution in [2.24, 2.45) is 5.10 Å². The van der Waals surface area contributed by atoms with Crippen LogP contribution in [0.15, 0.2) is 45.5 Å². The van der Waals surface area contributed by atoms with Gasteiger partial charge in [0.05, 0.1) is 40.8 Å². The molecule has 0 saturated heterocycles. The van der Waals surface area contributed by atoms with Crippen molar-refractivity contribution in [3.05, 3.63) is 56.5 Å². The number of nitrogens with zero attached hydrogens (tertiary/aromatic N) is 2. The van der Waals surface area contributed by atoms with Crippen LogP contribution in [0.2, 0.25) is 5.02 Å². The molecule has 2 aromatic rings. The maximum atomic E-state index is 13.1. The van der Waals surface area contributed by atoms with Gasteiger partial charge in [0.1, 0.15) is 0 Å². The molecule has 9 heteroatoms. The van der Waals surface area contributed by atoms with E-state index in [1.54, 1.807) is 31.2 Å². The van der Waals surface area contributed by atoms with Crippen LogP contribution in [0.5, 0.6) is 11.5 Å². The third kappa shape index (κ3) is 4.75. The lowest BCUT2D eigenvalue weighted by molar-refractivity contribution is -0.114. The fraction of sp³-hybridized carbons (Fsp3) is 0.227. The third-order valence-electron chi connectivity index (χ3n) is 4.45. The Morgan fingerprint density at radius 1 is 1.19 bits per heavy atom. The second-order valence-electron chi connectivity index (χ2n) is 6.52. The van der Waals surface area contributed by atoms with Gasteiger partial charge in [-0.3, -0.25) is 4.79 Å². The van der Waals surface area contributed by atoms with E-state index in [9.17, 15) is 14.7 Å². The molecule has 2 aromatic carbocycles. The number of carbonyl (C=O) groups excluding carboxylic acids is 1. The number of carbonyl (C=O) groups is 2. The molecule has 0 aliphatic carbocycles. The van der Waals surface area contributed by atoms with Gasteiger partial charge in [-0.1, -0.05) is 27.5 Å². The highest BCUT2D eigenvalue weighted by Gasteiger charge is 2.30. The number of benzene rings is 2. The van der Waals surface area contributed by atoms with Gasteiger partial charge in [-0.05, 0) is 62.7 Å². The van der Waals surface area contributed by atoms with Crippen molar-refractivity contribution < 1.29 is 24.2 Å². The molecule has 1 amide bonds. The zero-order chi connectivity index (χ0) is 22.7. The first-order chi connectivity index (χ1) is 14.8. The summed E-state index contributed by atoms with van der Waals surface area (Å²) in [5.74, 6) is -0.391. The standard InChI is InChI=1S/C22H20BrClN2O5/c1-4-30-19-9-13(17(23)11-20(19)31-5-2)8-15-12(3)25-26(21(15)27)14-6-7-18(24)16(10-14)22(28)29/h6-11H,4-5H2,1-3H3,(H,28,29)/b15-8+. The van der Waals surface area contributed by atoms with Gasteiger partial charge in [-0.25, -0.2) is 4.79 Å². The largest absolute Gasteiger partial charge is 0.490 e. The van der Waals surface area contributed by atoms with E-state index >= 15 is 0 Å². The van der Waals surface area contributed by atoms with Crippen molar-refractivity contribution in [2.45, 2.75) is 20.8 Å². The van der Waals surface area contributed by atoms with Gasteiger partial charge in [-0.15, -0.1) is 0 Å². The smallest absolute Gasteiger partial charge is 0.337 e. The highest BCUT2D eigenvalue weighted by molar-refractivity contribution is 9.10. The minimum atomic E-state index is -1.18. The fourth-order valence-corrected chi connectivity index (χ4v) is 3.66. The Kier molecular flexibility index (Phi) is 7.02. The van der Waals surface area contributed by atoms with Gasteiger partial charge < -0.3 is 14.6 Å². The number of ether oxygens (including phenoxy) is 2. The molecule has 0 fully saturated rings. The first-order valence-corrected chi connectivity index (χ1v) is 10.7. The molecular formula is C22H20BrClN2O5. The molecule has 0 atom stereocenters. The number of hydrogen-bond acceptors (Lipinski definition) is 5. The van der Waals surface area contributed by atoms with Crippen LogP contribution in [-0.4, -0.2) is 35.9 Å². The number of anilines is 1. The number of rotatable bonds is 7. The Bertz CT molecular complexity index is 1110. The van der Waals surface area contributed by atoms with Crippen LogP contribution < -0.4 is 14.5 Å². The van der Waals surface area contributed by atoms with Gasteiger partial charge in [0.25, 0.3) is 5.91 Å². The summed E-state index contributed by atoms with van der Waals surface area (Å²) in [5, 5.41) is 14.9. The van der Waals surface area contributed by atoms with Crippen molar-refractivity contribution in [3.63, 3.8) is 0 Å². The van der Waals surface area contributed by atoms with Crippen LogP contribution in [0, 0.1) is 0 Å². The minimum Gasteiger partial charge on any atom is -0.490 e. The molecule has 0 bridgehead atoms. The first kappa shape index (κ1) is 22.8. The monoisotopic (exact) mass is 506 g/mol. The zero-order valence-corrected chi connectivity index (χ0v) is 19.5. The second-order valence-corrected chi connectivity index (χ2v) is 7.78. The van der Waals surface area contributed by atoms with E-state index in [0.717, 1.165) is 9.48 Å². The fourth-order valence-electron chi connectivity index (χ4n) is 3.02. The molecule has 31 heavy (non-hydrogen) atoms. The van der Waals surface area contributed by atoms with Crippen molar-refractivity contribution in [3.8, 4) is 11.5 Å². The maximum Gasteiger partial charge on any atom is 0.337 e. The lowest BCUT2D eigenvalue weighted by Gasteiger charge is -2.14. The summed E-state index contributed by atoms with van der Waals surface area (Å²) in [6.45, 7) is 6.43. The van der Waals surface area contributed by atoms with Crippen molar-refractivity contribution in [2.75, 3.05) is 18.2 Å². The molecule has 0 unspecified atom stereocenters. The molecule has 3 rings (SSSR count). The first-order valence-electron chi connectivity index (χ1n) is 9.50. The van der Waals surface area contributed by atoms with Gasteiger partial charge in [0.2, 0.25) is 0 Å². The van der Waals surface area contributed by atoms with Gasteiger partial charge in [0.15, 0.2) is 11.5 Å². The Hall–Kier alpha value is -2.84. The molecule has 1 aliphatic rings. The second kappa shape index (κ2) is 9.53. The highest BCUT2D eigenvalue weighted by Crippen LogP contribution is 2.36. The van der Waals surface area contributed by atoms with E-state index in [4.69, 9.17) is 21.1 Å². The van der Waals surface area contributed by atoms with E-state index in [1.807, 2.05) is 13.8 Å². The molecular weight excluding hydrogens is 488 g/mol. The quantitative estimate of drug-likeness (QED) is 0.507. The van der Waals surface area contributed by atoms with Crippen molar-refractivity contribution in [1.82, 2.24) is 0 Å². The van der Waals surface area contributed by atoms with Gasteiger partial charge >= 0.3 is 5.97 Å². The summed E-state index contributed by atoms with van der Waals surface area (Å²) in [4.78, 5) is 24.4. The minimum absolute atomic E-state index is 0.0844. The SMILES string of the molecule is CCOc1cc(Br)c(/C=C2/C(=O)N(c3ccc(Cl)c(C(=O)O)c3)N=C2C)cc1OCC. The molecule has 162 valence electrons. The number of carboxylic acid groups (broad SMARTS) is 1. The number of hydrazone groups is 1. The predicted octanol–water partition coefficient (Wildman–Crippen LogP) is 5.40. The summed E-state index contributed by atoms with van der Waals surface area (Å²) in [6.07, 6.45) is 1.71. The van der Waals surface area contributed by atoms with E-state index in [0.29, 0.717) is 47.2 Å². The Labute approximate surface area is 193 Å². The van der Waals surface area contributed by atoms with Gasteiger partial charge in [0, 0.05) is 4.47 Å². The topological polar surface area (TPSA) is 88.4 Å². The summed E-state index contributed by atoms with van der Waals surface area (Å²) >= 11 is 9.45. The van der Waals surface area contributed by atoms with Gasteiger partial charge in [-0.2, -0.15) is 10.1 Å². The third-order valence-corrected chi connectivity index (χ3v) is 5.47. The van der Waals surface area contributed by atoms with Crippen LogP contribution >= 0.6 is 27.5 Å². The Balaban J connectivity index is 1.99. The molecule has 1 N–H and O–H groups in total. The lowest BCUT2D eigenvalue weighted by Crippen LogP contribution is -2.21. The predicted molar refractivity (Wildman–Crippen MR) is 123 cm³/mol. The molecule has 0 radical (unpaired) electrons. The van der Waals surface area contributed by atoms with Crippen LogP contribution in [0.3, 0.4) is 0 Å². The van der Waals surface area contributed by atoms with E-state index < -0.39 is 5.97 Å². The Morgan fingerprint density at radius 2 is 1.84 bits per heavy atom. The van der Waals surface area contributed by atoms with Crippen molar-refractivity contribution in [1.29, 1.82) is 0 Å². The average molecular weight is 508 g/mol. The highest BCUT2D eigenvalue weighted by atomic mass is 79.9. The lowest BCUT2D eigenvalue weighted by atomic mass is 10.1. The van der Waals surface area contributed by atoms with E-state index in [2.05, 4.69) is 21.0 Å². The molecule has 1 aliphatic heterocycles. The molecule has 7 nitrogen and oxygen atoms in total. The summed E-state index contributed by atoms with van der Waals surface area (Å²) in [7, 11) is 0. The van der Waals surface area contributed by atoms with Crippen molar-refractivity contribution >= 4 is 56.9 Å². The number of halogens is 2. The van der Waals surface area contributed by atoms with Crippen LogP contribution in [0.25, 0.3) is 6.08 Å². The molecule has 1 heterocycles. The van der Waals surface area contributed by atoms with Crippen LogP contribution in [-0.2, 0) is 4.79 Å². The molecule has 0 aromatic heterocycles. The number of amides is 1. The van der Waals surface area contributed by atoms with Crippen LogP contribution in [0.1, 0.15) is 36.7 Å². The normalized spacial score (nSPS) is 14.7. The van der Waals surface area contributed by atoms with E-state index in [-0.39, 0.29) is 16.5 Å². The molecule has 0 saturated carbocycles. The molecule has 0 spiro atoms. The number of aromatic carboxylic acids is 1. The number of hydrogen-bond donors (Lipinski definition) is 1. The summed E-state index contributed by atoms with van der Waals surface area (Å²) in [6, 6.07) is 7.88. The number of carboxylic acids is 1. The maximum absolute atomic E-state index is 13.1. The summed E-state index contributed by atoms with van der Waals surface area (Å²) < 4.78 is 12.0. The van der Waals surface area contributed by atoms with E-state index in [1.165, 1.54) is 12.1 Å². The Morgan fingerprint density at radius 3 is 2.45 bits per heavy atom. The van der Waals surface area contributed by atoms with Crippen LogP contribution in [0.4, 0.5) is 5.69 Å². The average Bonchev–Trinajstić information content (AvgIpc) is 3.00. The summed E-state index contributed by atoms with van der Waals surface area (Å²) in [5.41, 5.74) is 1.80.